The van der Waals surface area contributed by atoms with Crippen molar-refractivity contribution in [2.24, 2.45) is 0 Å². The Morgan fingerprint density at radius 1 is 0.302 bits per heavy atom. The smallest absolute Gasteiger partial charge is 0.213 e. The standard InChI is InChI=1S/C50H32N2O/c1-3-13-33(14-4-1)37-29-38(34-15-5-2-6-16-34)31-40(30-37)51-45-20-10-7-17-41(45)44-32-36(25-28-47(44)51)35-23-26-39(27-24-35)52-46-21-11-8-18-42(46)49-43-19-9-12-22-48(43)53-50(49)52/h1-32H. The van der Waals surface area contributed by atoms with Crippen molar-refractivity contribution >= 4 is 54.8 Å². The number of rotatable bonds is 5. The Kier molecular flexibility index (Phi) is 6.55. The fourth-order valence-corrected chi connectivity index (χ4v) is 8.26. The summed E-state index contributed by atoms with van der Waals surface area (Å²) < 4.78 is 11.2. The quantitative estimate of drug-likeness (QED) is 0.178. The van der Waals surface area contributed by atoms with Crippen molar-refractivity contribution in [2.75, 3.05) is 0 Å². The second kappa shape index (κ2) is 11.7. The van der Waals surface area contributed by atoms with Gasteiger partial charge in [0.25, 0.3) is 0 Å². The summed E-state index contributed by atoms with van der Waals surface area (Å²) in [5, 5.41) is 5.97. The van der Waals surface area contributed by atoms with Gasteiger partial charge in [-0.3, -0.25) is 4.57 Å². The lowest BCUT2D eigenvalue weighted by atomic mass is 9.98. The summed E-state index contributed by atoms with van der Waals surface area (Å²) in [6.07, 6.45) is 0. The highest BCUT2D eigenvalue weighted by atomic mass is 16.3. The number of benzene rings is 8. The molecule has 53 heavy (non-hydrogen) atoms. The molecule has 0 atom stereocenters. The summed E-state index contributed by atoms with van der Waals surface area (Å²) in [7, 11) is 0. The molecule has 0 N–H and O–H groups in total. The van der Waals surface area contributed by atoms with Gasteiger partial charge in [-0.1, -0.05) is 133 Å². The molecule has 3 heteroatoms. The van der Waals surface area contributed by atoms with Gasteiger partial charge in [0.2, 0.25) is 5.71 Å². The Balaban J connectivity index is 1.05. The lowest BCUT2D eigenvalue weighted by molar-refractivity contribution is 0.645. The van der Waals surface area contributed by atoms with Gasteiger partial charge in [0.05, 0.1) is 21.9 Å². The number of hydrogen-bond acceptors (Lipinski definition) is 1. The van der Waals surface area contributed by atoms with Crippen LogP contribution in [-0.2, 0) is 0 Å². The van der Waals surface area contributed by atoms with E-state index in [9.17, 15) is 0 Å². The van der Waals surface area contributed by atoms with Gasteiger partial charge in [-0.2, -0.15) is 0 Å². The fourth-order valence-electron chi connectivity index (χ4n) is 8.26. The molecule has 0 aliphatic rings. The highest BCUT2D eigenvalue weighted by molar-refractivity contribution is 6.20. The summed E-state index contributed by atoms with van der Waals surface area (Å²) >= 11 is 0. The Labute approximate surface area is 306 Å². The molecule has 0 unspecified atom stereocenters. The lowest BCUT2D eigenvalue weighted by Crippen LogP contribution is -1.96. The highest BCUT2D eigenvalue weighted by Crippen LogP contribution is 2.40. The molecule has 11 rings (SSSR count). The molecule has 0 aliphatic heterocycles. The highest BCUT2D eigenvalue weighted by Gasteiger charge is 2.19. The van der Waals surface area contributed by atoms with Gasteiger partial charge in [0.15, 0.2) is 0 Å². The molecule has 3 heterocycles. The van der Waals surface area contributed by atoms with E-state index in [4.69, 9.17) is 4.42 Å². The maximum absolute atomic E-state index is 6.49. The topological polar surface area (TPSA) is 23.0 Å². The van der Waals surface area contributed by atoms with Gasteiger partial charge in [-0.15, -0.1) is 0 Å². The number of nitrogens with zero attached hydrogens (tertiary/aromatic N) is 2. The molecular formula is C50H32N2O. The van der Waals surface area contributed by atoms with Crippen LogP contribution in [0.1, 0.15) is 0 Å². The van der Waals surface area contributed by atoms with Crippen LogP contribution in [0, 0.1) is 0 Å². The third kappa shape index (κ3) is 4.68. The zero-order valence-corrected chi connectivity index (χ0v) is 28.8. The molecular weight excluding hydrogens is 645 g/mol. The van der Waals surface area contributed by atoms with Gasteiger partial charge in [-0.05, 0) is 94.0 Å². The number of hydrogen-bond donors (Lipinski definition) is 0. The van der Waals surface area contributed by atoms with Gasteiger partial charge in [-0.25, -0.2) is 0 Å². The van der Waals surface area contributed by atoms with E-state index in [1.165, 1.54) is 60.6 Å². The maximum atomic E-state index is 6.49. The molecule has 11 aromatic rings. The molecule has 8 aromatic carbocycles. The Bertz CT molecular complexity index is 3090. The van der Waals surface area contributed by atoms with Crippen LogP contribution < -0.4 is 0 Å². The van der Waals surface area contributed by atoms with Crippen LogP contribution in [-0.4, -0.2) is 9.13 Å². The normalized spacial score (nSPS) is 11.8. The first-order valence-corrected chi connectivity index (χ1v) is 18.1. The SMILES string of the molecule is c1ccc(-c2cc(-c3ccccc3)cc(-n3c4ccccc4c4cc(-c5ccc(-n6c7ccccc7c7c8ccccc8oc76)cc5)ccc43)c2)cc1. The Hall–Kier alpha value is -7.10. The van der Waals surface area contributed by atoms with E-state index in [0.29, 0.717) is 0 Å². The van der Waals surface area contributed by atoms with Crippen LogP contribution in [0.15, 0.2) is 199 Å². The van der Waals surface area contributed by atoms with Crippen LogP contribution in [0.5, 0.6) is 0 Å². The summed E-state index contributed by atoms with van der Waals surface area (Å²) in [6.45, 7) is 0. The molecule has 3 aromatic heterocycles. The van der Waals surface area contributed by atoms with Crippen molar-refractivity contribution in [1.29, 1.82) is 0 Å². The van der Waals surface area contributed by atoms with E-state index in [0.717, 1.165) is 39.0 Å². The molecule has 0 aliphatic carbocycles. The van der Waals surface area contributed by atoms with Crippen molar-refractivity contribution in [3.8, 4) is 44.8 Å². The molecule has 0 radical (unpaired) electrons. The number of fused-ring (bicyclic) bond motifs is 8. The lowest BCUT2D eigenvalue weighted by Gasteiger charge is -2.14. The van der Waals surface area contributed by atoms with E-state index in [-0.39, 0.29) is 0 Å². The predicted octanol–water partition coefficient (Wildman–Crippen LogP) is 13.6. The molecule has 248 valence electrons. The molecule has 0 bridgehead atoms. The molecule has 0 fully saturated rings. The van der Waals surface area contributed by atoms with Crippen molar-refractivity contribution in [2.45, 2.75) is 0 Å². The first-order valence-electron chi connectivity index (χ1n) is 18.1. The van der Waals surface area contributed by atoms with Crippen molar-refractivity contribution in [3.63, 3.8) is 0 Å². The summed E-state index contributed by atoms with van der Waals surface area (Å²) in [5.74, 6) is 0. The zero-order valence-electron chi connectivity index (χ0n) is 28.8. The van der Waals surface area contributed by atoms with Gasteiger partial charge < -0.3 is 8.98 Å². The van der Waals surface area contributed by atoms with E-state index in [2.05, 4.69) is 191 Å². The minimum Gasteiger partial charge on any atom is -0.439 e. The van der Waals surface area contributed by atoms with Gasteiger partial charge in [0, 0.05) is 32.9 Å². The van der Waals surface area contributed by atoms with Crippen molar-refractivity contribution in [3.05, 3.63) is 194 Å². The average Bonchev–Trinajstić information content (AvgIpc) is 3.88. The minimum atomic E-state index is 0.876. The summed E-state index contributed by atoms with van der Waals surface area (Å²) in [6, 6.07) is 69.7. The zero-order chi connectivity index (χ0) is 34.9. The number of para-hydroxylation sites is 3. The second-order valence-corrected chi connectivity index (χ2v) is 13.8. The molecule has 0 amide bonds. The van der Waals surface area contributed by atoms with Crippen LogP contribution >= 0.6 is 0 Å². The van der Waals surface area contributed by atoms with Crippen molar-refractivity contribution in [1.82, 2.24) is 9.13 Å². The van der Waals surface area contributed by atoms with E-state index in [1.54, 1.807) is 0 Å². The van der Waals surface area contributed by atoms with Crippen LogP contribution in [0.4, 0.5) is 0 Å². The molecule has 0 saturated carbocycles. The number of aromatic nitrogens is 2. The third-order valence-electron chi connectivity index (χ3n) is 10.7. The van der Waals surface area contributed by atoms with E-state index < -0.39 is 0 Å². The fraction of sp³-hybridized carbons (Fsp3) is 0. The monoisotopic (exact) mass is 676 g/mol. The number of furan rings is 1. The van der Waals surface area contributed by atoms with Crippen LogP contribution in [0.25, 0.3) is 99.5 Å². The summed E-state index contributed by atoms with van der Waals surface area (Å²) in [4.78, 5) is 0. The van der Waals surface area contributed by atoms with Gasteiger partial charge >= 0.3 is 0 Å². The molecule has 0 spiro atoms. The van der Waals surface area contributed by atoms with Gasteiger partial charge in [0.1, 0.15) is 5.58 Å². The summed E-state index contributed by atoms with van der Waals surface area (Å²) in [5.41, 5.74) is 14.7. The largest absolute Gasteiger partial charge is 0.439 e. The van der Waals surface area contributed by atoms with Crippen LogP contribution in [0.2, 0.25) is 0 Å². The van der Waals surface area contributed by atoms with E-state index >= 15 is 0 Å². The molecule has 0 saturated heterocycles. The maximum Gasteiger partial charge on any atom is 0.213 e. The predicted molar refractivity (Wildman–Crippen MR) is 221 cm³/mol. The van der Waals surface area contributed by atoms with Crippen LogP contribution in [0.3, 0.4) is 0 Å². The first kappa shape index (κ1) is 29.6. The third-order valence-corrected chi connectivity index (χ3v) is 10.7. The average molecular weight is 677 g/mol. The second-order valence-electron chi connectivity index (χ2n) is 13.8. The first-order chi connectivity index (χ1) is 26.3. The Morgan fingerprint density at radius 3 is 1.53 bits per heavy atom. The Morgan fingerprint density at radius 2 is 0.830 bits per heavy atom. The van der Waals surface area contributed by atoms with Crippen molar-refractivity contribution < 1.29 is 4.42 Å². The van der Waals surface area contributed by atoms with E-state index in [1.807, 2.05) is 12.1 Å². The molecule has 3 nitrogen and oxygen atoms in total. The minimum absolute atomic E-state index is 0.876.